The van der Waals surface area contributed by atoms with Gasteiger partial charge in [0.1, 0.15) is 11.2 Å². The van der Waals surface area contributed by atoms with E-state index in [9.17, 15) is 0 Å². The van der Waals surface area contributed by atoms with Crippen LogP contribution in [-0.2, 0) is 5.41 Å². The first-order chi connectivity index (χ1) is 22.7. The number of aromatic nitrogens is 3. The minimum Gasteiger partial charge on any atom is -0.456 e. The highest BCUT2D eigenvalue weighted by atomic mass is 16.3. The Balaban J connectivity index is 1.39. The van der Waals surface area contributed by atoms with Gasteiger partial charge in [-0.3, -0.25) is 0 Å². The summed E-state index contributed by atoms with van der Waals surface area (Å²) in [5.74, 6) is 0.736. The van der Waals surface area contributed by atoms with Crippen molar-refractivity contribution in [1.29, 1.82) is 0 Å². The number of nitrogens with zero attached hydrogens (tertiary/aromatic N) is 3. The topological polar surface area (TPSA) is 43.9 Å². The number of rotatable bonds is 1. The van der Waals surface area contributed by atoms with Crippen molar-refractivity contribution in [3.63, 3.8) is 0 Å². The van der Waals surface area contributed by atoms with Crippen LogP contribution >= 0.6 is 0 Å². The molecule has 46 heavy (non-hydrogen) atoms. The molecule has 5 heterocycles. The number of hydrogen-bond donors (Lipinski definition) is 0. The Morgan fingerprint density at radius 2 is 1.37 bits per heavy atom. The minimum atomic E-state index is -0.499. The molecule has 6 bridgehead atoms. The zero-order valence-electron chi connectivity index (χ0n) is 25.0. The summed E-state index contributed by atoms with van der Waals surface area (Å²) in [5, 5.41) is 4.70. The number of para-hydroxylation sites is 2. The summed E-state index contributed by atoms with van der Waals surface area (Å²) < 4.78 is 8.81. The lowest BCUT2D eigenvalue weighted by atomic mass is 9.76. The van der Waals surface area contributed by atoms with Crippen LogP contribution in [0.3, 0.4) is 0 Å². The fraction of sp³-hybridized carbons (Fsp3) is 0.0476. The van der Waals surface area contributed by atoms with Crippen molar-refractivity contribution in [3.8, 4) is 39.5 Å². The average molecular weight is 588 g/mol. The van der Waals surface area contributed by atoms with Crippen molar-refractivity contribution >= 4 is 43.7 Å². The van der Waals surface area contributed by atoms with E-state index in [0.717, 1.165) is 72.6 Å². The molecule has 1 aliphatic carbocycles. The third kappa shape index (κ3) is 2.85. The van der Waals surface area contributed by atoms with E-state index in [2.05, 4.69) is 139 Å². The molecule has 0 saturated heterocycles. The van der Waals surface area contributed by atoms with Crippen LogP contribution in [0, 0.1) is 0 Å². The number of fused-ring (bicyclic) bond motifs is 8. The van der Waals surface area contributed by atoms with Crippen molar-refractivity contribution in [2.45, 2.75) is 12.3 Å². The molecule has 1 unspecified atom stereocenters. The lowest BCUT2D eigenvalue weighted by Gasteiger charge is -2.27. The van der Waals surface area contributed by atoms with Crippen molar-refractivity contribution < 1.29 is 4.42 Å². The fourth-order valence-corrected chi connectivity index (χ4v) is 8.31. The second-order valence-corrected chi connectivity index (χ2v) is 12.7. The van der Waals surface area contributed by atoms with Crippen molar-refractivity contribution in [2.24, 2.45) is 0 Å². The van der Waals surface area contributed by atoms with Crippen LogP contribution in [-0.4, -0.2) is 14.5 Å². The molecule has 0 saturated carbocycles. The second kappa shape index (κ2) is 8.38. The van der Waals surface area contributed by atoms with Crippen LogP contribution in [0.4, 0.5) is 0 Å². The number of furan rings is 1. The molecular formula is C42H25N3O. The van der Waals surface area contributed by atoms with E-state index < -0.39 is 5.41 Å². The van der Waals surface area contributed by atoms with Crippen molar-refractivity contribution in [3.05, 3.63) is 150 Å². The first kappa shape index (κ1) is 24.3. The number of benzene rings is 6. The SMILES string of the molecule is CC12c3ccc4c(c3)c3c5c(ccc3n4-c3ccccc3-c3nc(-c4ccccc4)c(c1n3)-c1ccccc12)oc1ccccc15. The van der Waals surface area contributed by atoms with E-state index >= 15 is 0 Å². The van der Waals surface area contributed by atoms with Crippen LogP contribution in [0.15, 0.2) is 138 Å². The Labute approximate surface area is 264 Å². The van der Waals surface area contributed by atoms with Gasteiger partial charge >= 0.3 is 0 Å². The molecule has 4 heteroatoms. The van der Waals surface area contributed by atoms with Gasteiger partial charge in [-0.1, -0.05) is 91.0 Å². The first-order valence-corrected chi connectivity index (χ1v) is 15.8. The van der Waals surface area contributed by atoms with Gasteiger partial charge in [0.2, 0.25) is 0 Å². The normalized spacial score (nSPS) is 16.0. The largest absolute Gasteiger partial charge is 0.456 e. The smallest absolute Gasteiger partial charge is 0.162 e. The molecule has 3 aromatic heterocycles. The predicted octanol–water partition coefficient (Wildman–Crippen LogP) is 10.5. The van der Waals surface area contributed by atoms with E-state index in [1.807, 2.05) is 6.07 Å². The van der Waals surface area contributed by atoms with E-state index in [1.54, 1.807) is 0 Å². The van der Waals surface area contributed by atoms with Gasteiger partial charge in [-0.05, 0) is 66.1 Å². The van der Waals surface area contributed by atoms with Gasteiger partial charge in [-0.15, -0.1) is 0 Å². The van der Waals surface area contributed by atoms with Gasteiger partial charge in [0.05, 0.1) is 33.5 Å². The number of hydrogen-bond acceptors (Lipinski definition) is 3. The predicted molar refractivity (Wildman–Crippen MR) is 186 cm³/mol. The highest BCUT2D eigenvalue weighted by molar-refractivity contribution is 6.27. The molecule has 0 radical (unpaired) electrons. The lowest BCUT2D eigenvalue weighted by molar-refractivity contribution is 0.669. The highest BCUT2D eigenvalue weighted by Crippen LogP contribution is 2.55. The molecule has 9 aromatic rings. The summed E-state index contributed by atoms with van der Waals surface area (Å²) in [6.45, 7) is 2.34. The summed E-state index contributed by atoms with van der Waals surface area (Å²) in [6, 6.07) is 47.7. The Morgan fingerprint density at radius 3 is 2.28 bits per heavy atom. The van der Waals surface area contributed by atoms with E-state index in [-0.39, 0.29) is 0 Å². The molecule has 0 fully saturated rings. The van der Waals surface area contributed by atoms with E-state index in [0.29, 0.717) is 0 Å². The summed E-state index contributed by atoms with van der Waals surface area (Å²) in [6.07, 6.45) is 0. The Morgan fingerprint density at radius 1 is 0.609 bits per heavy atom. The summed E-state index contributed by atoms with van der Waals surface area (Å²) in [4.78, 5) is 11.0. The zero-order valence-corrected chi connectivity index (χ0v) is 25.0. The first-order valence-electron chi connectivity index (χ1n) is 15.8. The van der Waals surface area contributed by atoms with Gasteiger partial charge in [-0.2, -0.15) is 0 Å². The minimum absolute atomic E-state index is 0.499. The third-order valence-electron chi connectivity index (χ3n) is 10.4. The molecule has 2 aliphatic heterocycles. The van der Waals surface area contributed by atoms with Crippen LogP contribution in [0.25, 0.3) is 83.2 Å². The van der Waals surface area contributed by atoms with Crippen molar-refractivity contribution in [2.75, 3.05) is 0 Å². The lowest BCUT2D eigenvalue weighted by Crippen LogP contribution is -2.24. The molecule has 0 amide bonds. The highest BCUT2D eigenvalue weighted by Gasteiger charge is 2.45. The molecule has 1 atom stereocenters. The van der Waals surface area contributed by atoms with Gasteiger partial charge in [0.25, 0.3) is 0 Å². The van der Waals surface area contributed by atoms with Gasteiger partial charge in [0.15, 0.2) is 5.82 Å². The van der Waals surface area contributed by atoms with Crippen LogP contribution < -0.4 is 0 Å². The molecule has 12 rings (SSSR count). The molecule has 214 valence electrons. The Hall–Kier alpha value is -6.00. The van der Waals surface area contributed by atoms with Gasteiger partial charge < -0.3 is 8.98 Å². The van der Waals surface area contributed by atoms with Crippen molar-refractivity contribution in [1.82, 2.24) is 14.5 Å². The molecule has 0 N–H and O–H groups in total. The average Bonchev–Trinajstić information content (AvgIpc) is 3.74. The van der Waals surface area contributed by atoms with E-state index in [4.69, 9.17) is 14.4 Å². The summed E-state index contributed by atoms with van der Waals surface area (Å²) >= 11 is 0. The molecule has 6 aromatic carbocycles. The third-order valence-corrected chi connectivity index (χ3v) is 10.4. The zero-order chi connectivity index (χ0) is 30.1. The van der Waals surface area contributed by atoms with Crippen LogP contribution in [0.1, 0.15) is 23.7 Å². The van der Waals surface area contributed by atoms with E-state index in [1.165, 1.54) is 27.5 Å². The van der Waals surface area contributed by atoms with Crippen LogP contribution in [0.5, 0.6) is 0 Å². The molecule has 0 spiro atoms. The molecule has 4 nitrogen and oxygen atoms in total. The summed E-state index contributed by atoms with van der Waals surface area (Å²) in [7, 11) is 0. The Kier molecular flexibility index (Phi) is 4.43. The van der Waals surface area contributed by atoms with Crippen LogP contribution in [0.2, 0.25) is 0 Å². The quantitative estimate of drug-likeness (QED) is 0.192. The summed E-state index contributed by atoms with van der Waals surface area (Å²) in [5.41, 5.74) is 13.5. The van der Waals surface area contributed by atoms with Gasteiger partial charge in [0, 0.05) is 38.2 Å². The molecule has 3 aliphatic rings. The monoisotopic (exact) mass is 587 g/mol. The maximum Gasteiger partial charge on any atom is 0.162 e. The maximum atomic E-state index is 6.41. The van der Waals surface area contributed by atoms with Gasteiger partial charge in [-0.25, -0.2) is 9.97 Å². The standard InChI is InChI=1S/C42H25N3O/c1-42-25-19-20-32-29(23-25)36-33(21-22-35-37(36)28-15-7-10-18-34(28)46-35)45(32)31-17-9-6-14-27(31)41-43-39(24-11-3-2-4-12-24)38(40(42)44-41)26-13-5-8-16-30(26)42/h2-23H,1H3. The molecular weight excluding hydrogens is 562 g/mol. The Bertz CT molecular complexity index is 2770. The fourth-order valence-electron chi connectivity index (χ4n) is 8.31. The second-order valence-electron chi connectivity index (χ2n) is 12.7. The maximum absolute atomic E-state index is 6.41.